The summed E-state index contributed by atoms with van der Waals surface area (Å²) in [6.07, 6.45) is 9.55. The standard InChI is InChI=1S/C20H22FN5OS.C3H8O/c21-15-2-4-16(5-3-15)26-18-7-14-1-6-17(28-19(10-22)25-23)9-20(14,12-27)8-13(18)11-24-26;1-3-4-2/h2-5,7,10-12,17,25H,1,6,8-9,22-23H2;3H2,1-2H3/b19-10+;. The summed E-state index contributed by atoms with van der Waals surface area (Å²) in [6.45, 7) is 2.78. The molecule has 1 aromatic heterocycles. The lowest BCUT2D eigenvalue weighted by Crippen LogP contribution is -2.38. The number of hydrazine groups is 1. The van der Waals surface area contributed by atoms with Gasteiger partial charge in [-0.1, -0.05) is 5.57 Å². The van der Waals surface area contributed by atoms with Crippen molar-refractivity contribution in [1.82, 2.24) is 15.2 Å². The minimum Gasteiger partial charge on any atom is -0.402 e. The van der Waals surface area contributed by atoms with E-state index in [4.69, 9.17) is 11.6 Å². The highest BCUT2D eigenvalue weighted by Gasteiger charge is 2.43. The van der Waals surface area contributed by atoms with Crippen molar-refractivity contribution in [3.05, 3.63) is 64.3 Å². The van der Waals surface area contributed by atoms with E-state index >= 15 is 0 Å². The number of aldehydes is 1. The van der Waals surface area contributed by atoms with E-state index in [1.807, 2.05) is 11.6 Å². The zero-order valence-electron chi connectivity index (χ0n) is 18.4. The van der Waals surface area contributed by atoms with Gasteiger partial charge >= 0.3 is 0 Å². The number of allylic oxidation sites excluding steroid dienone is 1. The van der Waals surface area contributed by atoms with E-state index in [1.165, 1.54) is 18.3 Å². The molecule has 0 radical (unpaired) electrons. The van der Waals surface area contributed by atoms with Crippen LogP contribution in [0, 0.1) is 11.2 Å². The fourth-order valence-electron chi connectivity index (χ4n) is 4.15. The number of fused-ring (bicyclic) bond motifs is 2. The van der Waals surface area contributed by atoms with Gasteiger partial charge in [-0.3, -0.25) is 0 Å². The van der Waals surface area contributed by atoms with Crippen LogP contribution in [0.2, 0.25) is 0 Å². The molecule has 2 aliphatic rings. The molecule has 0 amide bonds. The predicted molar refractivity (Wildman–Crippen MR) is 126 cm³/mol. The van der Waals surface area contributed by atoms with Gasteiger partial charge in [0.05, 0.1) is 28.0 Å². The first-order valence-electron chi connectivity index (χ1n) is 10.5. The van der Waals surface area contributed by atoms with Gasteiger partial charge in [0.15, 0.2) is 0 Å². The van der Waals surface area contributed by atoms with E-state index in [0.29, 0.717) is 11.4 Å². The molecule has 2 unspecified atom stereocenters. The number of ether oxygens (including phenoxy) is 1. The second-order valence-electron chi connectivity index (χ2n) is 7.80. The van der Waals surface area contributed by atoms with Crippen molar-refractivity contribution in [1.29, 1.82) is 0 Å². The van der Waals surface area contributed by atoms with E-state index in [9.17, 15) is 9.18 Å². The molecule has 2 aliphatic carbocycles. The van der Waals surface area contributed by atoms with E-state index in [0.717, 1.165) is 54.7 Å². The van der Waals surface area contributed by atoms with Crippen LogP contribution in [-0.2, 0) is 16.0 Å². The summed E-state index contributed by atoms with van der Waals surface area (Å²) in [5.41, 5.74) is 11.6. The molecule has 1 heterocycles. The number of benzene rings is 1. The van der Waals surface area contributed by atoms with Gasteiger partial charge in [-0.15, -0.1) is 11.8 Å². The monoisotopic (exact) mass is 459 g/mol. The van der Waals surface area contributed by atoms with Gasteiger partial charge in [0.25, 0.3) is 0 Å². The third-order valence-electron chi connectivity index (χ3n) is 5.84. The molecule has 0 bridgehead atoms. The zero-order chi connectivity index (χ0) is 23.1. The zero-order valence-corrected chi connectivity index (χ0v) is 19.2. The van der Waals surface area contributed by atoms with Crippen LogP contribution in [-0.4, -0.2) is 35.0 Å². The first-order valence-corrected chi connectivity index (χ1v) is 11.4. The van der Waals surface area contributed by atoms with Gasteiger partial charge < -0.3 is 20.7 Å². The summed E-state index contributed by atoms with van der Waals surface area (Å²) in [7, 11) is 1.68. The Bertz CT molecular complexity index is 987. The Morgan fingerprint density at radius 2 is 2.16 bits per heavy atom. The maximum Gasteiger partial charge on any atom is 0.130 e. The maximum atomic E-state index is 13.3. The summed E-state index contributed by atoms with van der Waals surface area (Å²) >= 11 is 1.58. The second-order valence-corrected chi connectivity index (χ2v) is 9.14. The van der Waals surface area contributed by atoms with Gasteiger partial charge in [-0.25, -0.2) is 14.9 Å². The van der Waals surface area contributed by atoms with Gasteiger partial charge in [0.1, 0.15) is 12.1 Å². The normalized spacial score (nSPS) is 22.1. The van der Waals surface area contributed by atoms with Crippen molar-refractivity contribution in [2.75, 3.05) is 13.7 Å². The molecule has 0 aliphatic heterocycles. The molecule has 1 fully saturated rings. The number of hydrogen-bond donors (Lipinski definition) is 3. The van der Waals surface area contributed by atoms with Crippen LogP contribution in [0.5, 0.6) is 0 Å². The number of rotatable bonds is 6. The maximum absolute atomic E-state index is 13.3. The summed E-state index contributed by atoms with van der Waals surface area (Å²) < 4.78 is 19.6. The Morgan fingerprint density at radius 1 is 1.44 bits per heavy atom. The molecule has 2 aromatic rings. The molecule has 5 N–H and O–H groups in total. The highest BCUT2D eigenvalue weighted by Crippen LogP contribution is 2.50. The van der Waals surface area contributed by atoms with Gasteiger partial charge in [0, 0.05) is 25.2 Å². The number of methoxy groups -OCH3 is 1. The van der Waals surface area contributed by atoms with Crippen molar-refractivity contribution >= 4 is 24.1 Å². The average Bonchev–Trinajstić information content (AvgIpc) is 3.23. The van der Waals surface area contributed by atoms with Crippen LogP contribution >= 0.6 is 11.8 Å². The highest BCUT2D eigenvalue weighted by atomic mass is 32.2. The largest absolute Gasteiger partial charge is 0.402 e. The number of hydrogen-bond acceptors (Lipinski definition) is 7. The number of carbonyl (C=O) groups excluding carboxylic acids is 1. The second kappa shape index (κ2) is 10.8. The topological polar surface area (TPSA) is 108 Å². The number of nitrogens with one attached hydrogen (secondary N) is 1. The molecule has 1 saturated carbocycles. The molecule has 172 valence electrons. The van der Waals surface area contributed by atoms with E-state index in [1.54, 1.807) is 37.2 Å². The van der Waals surface area contributed by atoms with Gasteiger partial charge in [-0.2, -0.15) is 5.10 Å². The third kappa shape index (κ3) is 5.06. The Morgan fingerprint density at radius 3 is 2.75 bits per heavy atom. The Hall–Kier alpha value is -2.62. The summed E-state index contributed by atoms with van der Waals surface area (Å²) in [4.78, 5) is 12.2. The summed E-state index contributed by atoms with van der Waals surface area (Å²) in [5.74, 6) is 5.21. The summed E-state index contributed by atoms with van der Waals surface area (Å²) in [5, 5.41) is 5.45. The Balaban J connectivity index is 0.000000668. The quantitative estimate of drug-likeness (QED) is 0.346. The van der Waals surface area contributed by atoms with Crippen molar-refractivity contribution in [3.63, 3.8) is 0 Å². The van der Waals surface area contributed by atoms with Gasteiger partial charge in [-0.05, 0) is 68.5 Å². The number of thioether (sulfide) groups is 1. The Kier molecular flexibility index (Phi) is 8.11. The molecule has 9 heteroatoms. The number of nitrogens with two attached hydrogens (primary N) is 2. The minimum absolute atomic E-state index is 0.252. The Labute approximate surface area is 192 Å². The first kappa shape index (κ1) is 24.0. The smallest absolute Gasteiger partial charge is 0.130 e. The fraction of sp³-hybridized carbons (Fsp3) is 0.391. The van der Waals surface area contributed by atoms with Gasteiger partial charge in [0.2, 0.25) is 0 Å². The average molecular weight is 460 g/mol. The number of carbonyl (C=O) groups is 1. The molecule has 32 heavy (non-hydrogen) atoms. The predicted octanol–water partition coefficient (Wildman–Crippen LogP) is 3.30. The van der Waals surface area contributed by atoms with Crippen molar-refractivity contribution < 1.29 is 13.9 Å². The first-order chi connectivity index (χ1) is 15.5. The lowest BCUT2D eigenvalue weighted by molar-refractivity contribution is -0.115. The van der Waals surface area contributed by atoms with E-state index < -0.39 is 5.41 Å². The molecule has 0 saturated heterocycles. The molecule has 0 spiro atoms. The van der Waals surface area contributed by atoms with E-state index in [-0.39, 0.29) is 11.1 Å². The molecule has 1 aromatic carbocycles. The minimum atomic E-state index is -0.520. The van der Waals surface area contributed by atoms with Crippen LogP contribution in [0.15, 0.2) is 47.3 Å². The van der Waals surface area contributed by atoms with Crippen LogP contribution < -0.4 is 17.0 Å². The van der Waals surface area contributed by atoms with Crippen LogP contribution in [0.1, 0.15) is 37.4 Å². The SMILES string of the molecule is CCOC.N/C=C(\NN)SC1CCC2=Cc3c(cnn3-c3ccc(F)cc3)CC2(C=O)C1. The third-order valence-corrected chi connectivity index (χ3v) is 7.09. The van der Waals surface area contributed by atoms with Crippen LogP contribution in [0.3, 0.4) is 0 Å². The lowest BCUT2D eigenvalue weighted by atomic mass is 9.65. The molecule has 4 rings (SSSR count). The van der Waals surface area contributed by atoms with Crippen molar-refractivity contribution in [2.24, 2.45) is 17.0 Å². The van der Waals surface area contributed by atoms with Crippen LogP contribution in [0.25, 0.3) is 11.8 Å². The number of halogens is 1. The highest BCUT2D eigenvalue weighted by molar-refractivity contribution is 8.03. The van der Waals surface area contributed by atoms with Crippen molar-refractivity contribution in [2.45, 2.75) is 37.9 Å². The molecule has 2 atom stereocenters. The van der Waals surface area contributed by atoms with Crippen molar-refractivity contribution in [3.8, 4) is 5.69 Å². The number of nitrogens with zero attached hydrogens (tertiary/aromatic N) is 2. The fourth-order valence-corrected chi connectivity index (χ4v) is 5.27. The number of aromatic nitrogens is 2. The molecular weight excluding hydrogens is 429 g/mol. The van der Waals surface area contributed by atoms with Crippen LogP contribution in [0.4, 0.5) is 4.39 Å². The molecule has 7 nitrogen and oxygen atoms in total. The molecular formula is C23H30FN5O2S. The van der Waals surface area contributed by atoms with E-state index in [2.05, 4.69) is 21.3 Å². The lowest BCUT2D eigenvalue weighted by Gasteiger charge is -2.41. The summed E-state index contributed by atoms with van der Waals surface area (Å²) in [6, 6.07) is 6.25.